The van der Waals surface area contributed by atoms with E-state index in [1.54, 1.807) is 12.1 Å². The predicted molar refractivity (Wildman–Crippen MR) is 127 cm³/mol. The number of amides is 3. The predicted octanol–water partition coefficient (Wildman–Crippen LogP) is 0.491. The van der Waals surface area contributed by atoms with Crippen molar-refractivity contribution in [1.29, 1.82) is 0 Å². The Morgan fingerprint density at radius 1 is 1.32 bits per heavy atom. The molecule has 2 aliphatic heterocycles. The molecule has 1 saturated heterocycles. The quantitative estimate of drug-likeness (QED) is 0.230. The van der Waals surface area contributed by atoms with Gasteiger partial charge in [0.1, 0.15) is 31.6 Å². The van der Waals surface area contributed by atoms with Crippen LogP contribution in [0.4, 0.5) is 9.18 Å². The van der Waals surface area contributed by atoms with Gasteiger partial charge < -0.3 is 41.0 Å². The van der Waals surface area contributed by atoms with E-state index in [0.29, 0.717) is 19.4 Å². The molecule has 3 amide bonds. The minimum Gasteiger partial charge on any atom is -0.506 e. The van der Waals surface area contributed by atoms with Gasteiger partial charge in [-0.3, -0.25) is 9.59 Å². The van der Waals surface area contributed by atoms with Crippen LogP contribution in [0.3, 0.4) is 0 Å². The van der Waals surface area contributed by atoms with Crippen molar-refractivity contribution in [2.24, 2.45) is 10.7 Å². The molecule has 1 aliphatic carbocycles. The molecule has 1 aromatic rings. The van der Waals surface area contributed by atoms with Crippen molar-refractivity contribution in [3.63, 3.8) is 0 Å². The van der Waals surface area contributed by atoms with E-state index in [0.717, 1.165) is 5.56 Å². The first-order valence-corrected chi connectivity index (χ1v) is 11.7. The van der Waals surface area contributed by atoms with Crippen LogP contribution >= 0.6 is 0 Å². The molecule has 12 nitrogen and oxygen atoms in total. The number of rotatable bonds is 9. The molecule has 6 N–H and O–H groups in total. The zero-order chi connectivity index (χ0) is 26.6. The molecule has 3 aliphatic rings. The summed E-state index contributed by atoms with van der Waals surface area (Å²) >= 11 is 0. The Bertz CT molecular complexity index is 1160. The molecule has 37 heavy (non-hydrogen) atoms. The number of nitrogens with zero attached hydrogens (tertiary/aromatic N) is 2. The number of hydrogen-bond donors (Lipinski definition) is 5. The minimum absolute atomic E-state index is 0.0574. The maximum atomic E-state index is 14.6. The highest BCUT2D eigenvalue weighted by atomic mass is 19.1. The number of ether oxygens (including phenoxy) is 2. The molecule has 2 fully saturated rings. The minimum atomic E-state index is -2.15. The molecule has 198 valence electrons. The van der Waals surface area contributed by atoms with Crippen LogP contribution in [0.1, 0.15) is 24.8 Å². The van der Waals surface area contributed by atoms with Crippen LogP contribution in [0.25, 0.3) is 0 Å². The van der Waals surface area contributed by atoms with Gasteiger partial charge in [-0.05, 0) is 24.5 Å². The number of alkyl halides is 1. The summed E-state index contributed by atoms with van der Waals surface area (Å²) in [6.45, 7) is -0.610. The molecule has 0 spiro atoms. The number of fused-ring (bicyclic) bond motifs is 1. The highest BCUT2D eigenvalue weighted by Crippen LogP contribution is 2.62. The Hall–Kier alpha value is -4.13. The van der Waals surface area contributed by atoms with Crippen molar-refractivity contribution in [2.45, 2.75) is 43.3 Å². The average molecular weight is 518 g/mol. The summed E-state index contributed by atoms with van der Waals surface area (Å²) in [5.41, 5.74) is 2.90. The summed E-state index contributed by atoms with van der Waals surface area (Å²) in [5, 5.41) is 23.9. The van der Waals surface area contributed by atoms with Crippen molar-refractivity contribution < 1.29 is 38.5 Å². The third-order valence-corrected chi connectivity index (χ3v) is 6.35. The molecule has 1 saturated carbocycles. The first kappa shape index (κ1) is 25.9. The number of alkyl carbamates (subject to hydrolysis) is 1. The molecule has 13 heteroatoms. The molecule has 2 heterocycles. The Balaban J connectivity index is 1.24. The topological polar surface area (TPSA) is 176 Å². The van der Waals surface area contributed by atoms with E-state index in [9.17, 15) is 23.9 Å². The first-order chi connectivity index (χ1) is 17.7. The number of nitrogens with two attached hydrogens (primary N) is 1. The number of carbonyl (C=O) groups excluding carboxylic acids is 3. The van der Waals surface area contributed by atoms with Gasteiger partial charge in [-0.25, -0.2) is 9.18 Å². The number of halogens is 1. The fourth-order valence-corrected chi connectivity index (χ4v) is 4.32. The summed E-state index contributed by atoms with van der Waals surface area (Å²) < 4.78 is 25.0. The third-order valence-electron chi connectivity index (χ3n) is 6.35. The molecular formula is C24H28FN5O7. The number of hydrogen-bond acceptors (Lipinski definition) is 8. The number of aliphatic hydroxyl groups excluding tert-OH is 2. The third kappa shape index (κ3) is 5.35. The number of carbonyl (C=O) groups is 3. The average Bonchev–Trinajstić information content (AvgIpc) is 3.17. The normalized spacial score (nSPS) is 26.6. The second-order valence-electron chi connectivity index (χ2n) is 8.85. The van der Waals surface area contributed by atoms with Gasteiger partial charge >= 0.3 is 6.09 Å². The maximum absolute atomic E-state index is 14.6. The van der Waals surface area contributed by atoms with Crippen LogP contribution in [0.5, 0.6) is 0 Å². The first-order valence-electron chi connectivity index (χ1n) is 11.7. The number of amidine groups is 1. The van der Waals surface area contributed by atoms with Gasteiger partial charge in [-0.15, -0.1) is 0 Å². The molecule has 3 atom stereocenters. The van der Waals surface area contributed by atoms with Gasteiger partial charge in [-0.1, -0.05) is 30.3 Å². The molecule has 4 rings (SSSR count). The van der Waals surface area contributed by atoms with E-state index in [1.165, 1.54) is 17.2 Å². The largest absolute Gasteiger partial charge is 0.506 e. The summed E-state index contributed by atoms with van der Waals surface area (Å²) in [5.74, 6) is -2.20. The van der Waals surface area contributed by atoms with Gasteiger partial charge in [-0.2, -0.15) is 4.99 Å². The SMILES string of the molecule is NC(/C=C\N[C@@]12CC1(F)C(O)=C(CO)O2)=NC(=O)C1CCCN1C(=O)CNC(=O)OCc1ccccc1. The van der Waals surface area contributed by atoms with Crippen LogP contribution in [0.2, 0.25) is 0 Å². The van der Waals surface area contributed by atoms with Gasteiger partial charge in [0.2, 0.25) is 17.3 Å². The van der Waals surface area contributed by atoms with Crippen molar-refractivity contribution in [1.82, 2.24) is 15.5 Å². The number of aliphatic imine (C=N–C) groups is 1. The van der Waals surface area contributed by atoms with Crippen molar-refractivity contribution in [3.05, 3.63) is 59.7 Å². The zero-order valence-electron chi connectivity index (χ0n) is 19.9. The van der Waals surface area contributed by atoms with Gasteiger partial charge in [0.15, 0.2) is 11.5 Å². The van der Waals surface area contributed by atoms with Crippen molar-refractivity contribution in [2.75, 3.05) is 19.7 Å². The van der Waals surface area contributed by atoms with E-state index in [1.807, 2.05) is 18.2 Å². The smallest absolute Gasteiger partial charge is 0.407 e. The van der Waals surface area contributed by atoms with Crippen molar-refractivity contribution >= 4 is 23.7 Å². The highest BCUT2D eigenvalue weighted by molar-refractivity contribution is 6.02. The highest BCUT2D eigenvalue weighted by Gasteiger charge is 2.80. The Labute approximate surface area is 211 Å². The second-order valence-corrected chi connectivity index (χ2v) is 8.85. The molecule has 0 bridgehead atoms. The fourth-order valence-electron chi connectivity index (χ4n) is 4.32. The van der Waals surface area contributed by atoms with E-state index in [-0.39, 0.29) is 31.2 Å². The standard InChI is InChI=1S/C24H28FN5O7/c25-23-14-24(23,37-17(12-31)20(23)33)28-9-8-18(26)29-21(34)16-7-4-10-30(16)19(32)11-27-22(35)36-13-15-5-2-1-3-6-15/h1-3,5-6,8-9,16,28,31,33H,4,7,10-14H2,(H,27,35)(H2,26,29,34)/b9-8-/t16?,23?,24-/m1/s1. The number of aliphatic hydroxyl groups is 2. The van der Waals surface area contributed by atoms with E-state index in [4.69, 9.17) is 20.3 Å². The maximum Gasteiger partial charge on any atom is 0.407 e. The van der Waals surface area contributed by atoms with Gasteiger partial charge in [0.25, 0.3) is 5.91 Å². The van der Waals surface area contributed by atoms with Crippen LogP contribution in [0, 0.1) is 0 Å². The lowest BCUT2D eigenvalue weighted by Gasteiger charge is -2.22. The van der Waals surface area contributed by atoms with E-state index in [2.05, 4.69) is 15.6 Å². The lowest BCUT2D eigenvalue weighted by atomic mass is 10.2. The molecule has 1 aromatic carbocycles. The lowest BCUT2D eigenvalue weighted by molar-refractivity contribution is -0.136. The lowest BCUT2D eigenvalue weighted by Crippen LogP contribution is -2.45. The summed E-state index contributed by atoms with van der Waals surface area (Å²) in [4.78, 5) is 42.3. The Morgan fingerprint density at radius 2 is 2.08 bits per heavy atom. The van der Waals surface area contributed by atoms with Crippen LogP contribution in [-0.2, 0) is 25.7 Å². The van der Waals surface area contributed by atoms with Crippen molar-refractivity contribution in [3.8, 4) is 0 Å². The summed E-state index contributed by atoms with van der Waals surface area (Å²) in [7, 11) is 0. The Morgan fingerprint density at radius 3 is 2.78 bits per heavy atom. The second kappa shape index (κ2) is 10.5. The molecule has 0 aromatic heterocycles. The summed E-state index contributed by atoms with van der Waals surface area (Å²) in [6.07, 6.45) is 2.49. The zero-order valence-corrected chi connectivity index (χ0v) is 19.9. The number of nitrogens with one attached hydrogen (secondary N) is 2. The van der Waals surface area contributed by atoms with Gasteiger partial charge in [0.05, 0.1) is 6.42 Å². The molecular weight excluding hydrogens is 489 g/mol. The number of benzene rings is 1. The summed E-state index contributed by atoms with van der Waals surface area (Å²) in [6, 6.07) is 8.23. The van der Waals surface area contributed by atoms with Gasteiger partial charge in [0, 0.05) is 12.7 Å². The molecule has 2 unspecified atom stereocenters. The van der Waals surface area contributed by atoms with Crippen LogP contribution in [-0.4, -0.2) is 76.0 Å². The molecule has 0 radical (unpaired) electrons. The monoisotopic (exact) mass is 517 g/mol. The van der Waals surface area contributed by atoms with Crippen LogP contribution < -0.4 is 16.4 Å². The van der Waals surface area contributed by atoms with Crippen LogP contribution in [0.15, 0.2) is 59.1 Å². The van der Waals surface area contributed by atoms with E-state index >= 15 is 0 Å². The van der Waals surface area contributed by atoms with E-state index < -0.39 is 47.7 Å². The number of likely N-dealkylation sites (tertiary alicyclic amines) is 1. The Kier molecular flexibility index (Phi) is 7.34. The fraction of sp³-hybridized carbons (Fsp3) is 0.417.